The summed E-state index contributed by atoms with van der Waals surface area (Å²) in [6.07, 6.45) is 2.81. The Hall–Kier alpha value is -0.710. The Balaban J connectivity index is 0.00000324. The minimum Gasteiger partial charge on any atom is -0.337 e. The van der Waals surface area contributed by atoms with Crippen molar-refractivity contribution in [2.75, 3.05) is 19.3 Å². The summed E-state index contributed by atoms with van der Waals surface area (Å²) < 4.78 is 0. The lowest BCUT2D eigenvalue weighted by atomic mass is 10.2. The molecule has 1 atom stereocenters. The number of benzene rings is 1. The van der Waals surface area contributed by atoms with Crippen molar-refractivity contribution in [1.29, 1.82) is 0 Å². The van der Waals surface area contributed by atoms with Gasteiger partial charge in [-0.25, -0.2) is 0 Å². The number of amides is 1. The van der Waals surface area contributed by atoms with Gasteiger partial charge in [0.2, 0.25) is 5.91 Å². The number of hydrogen-bond acceptors (Lipinski definition) is 3. The number of rotatable bonds is 7. The van der Waals surface area contributed by atoms with E-state index in [-0.39, 0.29) is 23.6 Å². The summed E-state index contributed by atoms with van der Waals surface area (Å²) in [4.78, 5) is 14.2. The molecule has 0 spiro atoms. The van der Waals surface area contributed by atoms with Crippen LogP contribution in [0.5, 0.6) is 0 Å². The second-order valence-corrected chi connectivity index (χ2v) is 5.44. The van der Waals surface area contributed by atoms with Gasteiger partial charge in [-0.3, -0.25) is 4.79 Å². The van der Waals surface area contributed by atoms with Crippen LogP contribution in [0.1, 0.15) is 18.9 Å². The number of carbonyl (C=O) groups excluding carboxylic acids is 1. The summed E-state index contributed by atoms with van der Waals surface area (Å²) in [6.45, 7) is 3.97. The van der Waals surface area contributed by atoms with Crippen LogP contribution in [-0.4, -0.2) is 35.4 Å². The molecule has 2 N–H and O–H groups in total. The summed E-state index contributed by atoms with van der Waals surface area (Å²) >= 11 is 1.58. The van der Waals surface area contributed by atoms with E-state index < -0.39 is 0 Å². The van der Waals surface area contributed by atoms with Crippen LogP contribution in [0.25, 0.3) is 0 Å². The van der Waals surface area contributed by atoms with E-state index in [4.69, 9.17) is 5.73 Å². The molecule has 1 amide bonds. The van der Waals surface area contributed by atoms with Gasteiger partial charge in [0, 0.05) is 13.1 Å². The highest BCUT2D eigenvalue weighted by molar-refractivity contribution is 7.99. The van der Waals surface area contributed by atoms with Crippen molar-refractivity contribution in [1.82, 2.24) is 4.90 Å². The van der Waals surface area contributed by atoms with Crippen molar-refractivity contribution in [2.45, 2.75) is 25.1 Å². The van der Waals surface area contributed by atoms with Gasteiger partial charge in [-0.15, -0.1) is 12.4 Å². The zero-order chi connectivity index (χ0) is 13.4. The third-order valence-electron chi connectivity index (χ3n) is 2.86. The molecule has 0 saturated heterocycles. The molecular formula is C14H23ClN2OS. The molecule has 0 aliphatic heterocycles. The topological polar surface area (TPSA) is 46.3 Å². The van der Waals surface area contributed by atoms with Crippen LogP contribution >= 0.6 is 24.2 Å². The van der Waals surface area contributed by atoms with Crippen molar-refractivity contribution in [3.05, 3.63) is 35.9 Å². The molecule has 1 aromatic rings. The molecule has 0 aliphatic rings. The zero-order valence-electron chi connectivity index (χ0n) is 11.5. The molecule has 0 radical (unpaired) electrons. The quantitative estimate of drug-likeness (QED) is 0.842. The molecule has 0 saturated carbocycles. The monoisotopic (exact) mass is 302 g/mol. The average molecular weight is 303 g/mol. The molecule has 0 aromatic heterocycles. The first-order valence-corrected chi connectivity index (χ1v) is 7.53. The number of nitrogens with two attached hydrogens (primary N) is 1. The molecule has 19 heavy (non-hydrogen) atoms. The van der Waals surface area contributed by atoms with E-state index in [1.165, 1.54) is 0 Å². The maximum atomic E-state index is 12.2. The van der Waals surface area contributed by atoms with Crippen LogP contribution in [0, 0.1) is 0 Å². The van der Waals surface area contributed by atoms with Crippen LogP contribution in [0.15, 0.2) is 30.3 Å². The minimum atomic E-state index is 0. The van der Waals surface area contributed by atoms with Crippen LogP contribution in [0.2, 0.25) is 0 Å². The molecule has 0 heterocycles. The summed E-state index contributed by atoms with van der Waals surface area (Å²) in [5.74, 6) is 0.194. The predicted octanol–water partition coefficient (Wildman–Crippen LogP) is 2.54. The number of halogens is 1. The maximum absolute atomic E-state index is 12.2. The summed E-state index contributed by atoms with van der Waals surface area (Å²) in [5.41, 5.74) is 6.70. The van der Waals surface area contributed by atoms with Crippen molar-refractivity contribution >= 4 is 30.1 Å². The molecule has 0 bridgehead atoms. The third kappa shape index (κ3) is 6.32. The van der Waals surface area contributed by atoms with Crippen molar-refractivity contribution in [3.63, 3.8) is 0 Å². The fraction of sp³-hybridized carbons (Fsp3) is 0.500. The van der Waals surface area contributed by atoms with Gasteiger partial charge in [0.25, 0.3) is 0 Å². The summed E-state index contributed by atoms with van der Waals surface area (Å²) in [6, 6.07) is 10.1. The van der Waals surface area contributed by atoms with Crippen molar-refractivity contribution < 1.29 is 4.79 Å². The van der Waals surface area contributed by atoms with Gasteiger partial charge in [-0.1, -0.05) is 30.3 Å². The van der Waals surface area contributed by atoms with Crippen molar-refractivity contribution in [2.24, 2.45) is 5.73 Å². The van der Waals surface area contributed by atoms with E-state index in [0.29, 0.717) is 13.1 Å². The van der Waals surface area contributed by atoms with Gasteiger partial charge in [0.05, 0.1) is 5.25 Å². The van der Waals surface area contributed by atoms with Gasteiger partial charge >= 0.3 is 0 Å². The first-order valence-electron chi connectivity index (χ1n) is 6.24. The van der Waals surface area contributed by atoms with E-state index in [0.717, 1.165) is 18.5 Å². The molecule has 108 valence electrons. The van der Waals surface area contributed by atoms with E-state index in [9.17, 15) is 4.79 Å². The van der Waals surface area contributed by atoms with Gasteiger partial charge < -0.3 is 10.6 Å². The fourth-order valence-corrected chi connectivity index (χ4v) is 2.06. The van der Waals surface area contributed by atoms with Crippen LogP contribution in [0.4, 0.5) is 0 Å². The van der Waals surface area contributed by atoms with Crippen LogP contribution in [-0.2, 0) is 11.3 Å². The highest BCUT2D eigenvalue weighted by Crippen LogP contribution is 2.13. The normalized spacial score (nSPS) is 11.5. The molecule has 3 nitrogen and oxygen atoms in total. The smallest absolute Gasteiger partial charge is 0.235 e. The molecule has 0 aliphatic carbocycles. The highest BCUT2D eigenvalue weighted by atomic mass is 35.5. The Morgan fingerprint density at radius 2 is 2.00 bits per heavy atom. The first-order chi connectivity index (χ1) is 8.69. The van der Waals surface area contributed by atoms with E-state index >= 15 is 0 Å². The van der Waals surface area contributed by atoms with E-state index in [1.54, 1.807) is 11.8 Å². The lowest BCUT2D eigenvalue weighted by Gasteiger charge is -2.25. The Morgan fingerprint density at radius 3 is 2.53 bits per heavy atom. The highest BCUT2D eigenvalue weighted by Gasteiger charge is 2.19. The molecule has 1 rings (SSSR count). The van der Waals surface area contributed by atoms with Gasteiger partial charge in [-0.05, 0) is 31.7 Å². The van der Waals surface area contributed by atoms with E-state index in [1.807, 2.05) is 48.4 Å². The minimum absolute atomic E-state index is 0. The predicted molar refractivity (Wildman–Crippen MR) is 85.8 cm³/mol. The van der Waals surface area contributed by atoms with Gasteiger partial charge in [0.1, 0.15) is 0 Å². The first kappa shape index (κ1) is 18.3. The maximum Gasteiger partial charge on any atom is 0.235 e. The lowest BCUT2D eigenvalue weighted by Crippen LogP contribution is -2.37. The molecule has 5 heteroatoms. The van der Waals surface area contributed by atoms with E-state index in [2.05, 4.69) is 0 Å². The second-order valence-electron chi connectivity index (χ2n) is 4.27. The van der Waals surface area contributed by atoms with Crippen LogP contribution in [0.3, 0.4) is 0 Å². The second kappa shape index (κ2) is 10.1. The Morgan fingerprint density at radius 1 is 1.37 bits per heavy atom. The standard InChI is InChI=1S/C14H22N2OS.ClH/c1-12(18-2)14(17)16(10-6-9-15)11-13-7-4-3-5-8-13;/h3-5,7-8,12H,6,9-11,15H2,1-2H3;1H. The molecule has 0 fully saturated rings. The fourth-order valence-electron chi connectivity index (χ4n) is 1.71. The number of nitrogens with zero attached hydrogens (tertiary/aromatic N) is 1. The zero-order valence-corrected chi connectivity index (χ0v) is 13.2. The van der Waals surface area contributed by atoms with Crippen molar-refractivity contribution in [3.8, 4) is 0 Å². The number of carbonyl (C=O) groups is 1. The lowest BCUT2D eigenvalue weighted by molar-refractivity contribution is -0.131. The summed E-state index contributed by atoms with van der Waals surface area (Å²) in [7, 11) is 0. The molecule has 1 unspecified atom stereocenters. The Labute approximate surface area is 126 Å². The third-order valence-corrected chi connectivity index (χ3v) is 3.77. The van der Waals surface area contributed by atoms with Gasteiger partial charge in [-0.2, -0.15) is 11.8 Å². The Kier molecular flexibility index (Phi) is 9.74. The molecule has 1 aromatic carbocycles. The Bertz CT molecular complexity index is 362. The number of thioether (sulfide) groups is 1. The molecular weight excluding hydrogens is 280 g/mol. The SMILES string of the molecule is CSC(C)C(=O)N(CCCN)Cc1ccccc1.Cl. The number of hydrogen-bond donors (Lipinski definition) is 1. The average Bonchev–Trinajstić information content (AvgIpc) is 2.42. The largest absolute Gasteiger partial charge is 0.337 e. The van der Waals surface area contributed by atoms with Crippen LogP contribution < -0.4 is 5.73 Å². The van der Waals surface area contributed by atoms with Gasteiger partial charge in [0.15, 0.2) is 0 Å². The summed E-state index contributed by atoms with van der Waals surface area (Å²) in [5, 5.41) is 0.00601.